The second-order valence-electron chi connectivity index (χ2n) is 3.73. The maximum atomic E-state index is 13.3. The van der Waals surface area contributed by atoms with Gasteiger partial charge in [-0.2, -0.15) is 26.5 Å². The number of halogens is 5. The molecule has 110 valence electrons. The maximum Gasteiger partial charge on any atom is 0.461 e. The largest absolute Gasteiger partial charge is 0.461 e. The average Bonchev–Trinajstić information content (AvgIpc) is 2.78. The summed E-state index contributed by atoms with van der Waals surface area (Å²) in [4.78, 5) is 0. The fraction of sp³-hybridized carbons (Fsp3) is 0.444. The number of rotatable bonds is 4. The van der Waals surface area contributed by atoms with Gasteiger partial charge in [0.2, 0.25) is 5.82 Å². The van der Waals surface area contributed by atoms with Crippen molar-refractivity contribution in [1.29, 1.82) is 0 Å². The SMILES string of the molecule is OCCNc1ccc2nnc(C(F)(F)C(F)(F)F)n2n1. The summed E-state index contributed by atoms with van der Waals surface area (Å²) in [6.07, 6.45) is -5.80. The summed E-state index contributed by atoms with van der Waals surface area (Å²) < 4.78 is 63.8. The van der Waals surface area contributed by atoms with Gasteiger partial charge in [-0.15, -0.1) is 15.3 Å². The molecule has 0 aromatic carbocycles. The molecule has 0 radical (unpaired) electrons. The van der Waals surface area contributed by atoms with Crippen LogP contribution in [0.4, 0.5) is 27.8 Å². The van der Waals surface area contributed by atoms with Crippen molar-refractivity contribution in [2.45, 2.75) is 12.1 Å². The second-order valence-corrected chi connectivity index (χ2v) is 3.73. The van der Waals surface area contributed by atoms with Gasteiger partial charge < -0.3 is 10.4 Å². The number of aliphatic hydroxyl groups excluding tert-OH is 1. The summed E-state index contributed by atoms with van der Waals surface area (Å²) in [6.45, 7) is -0.195. The highest BCUT2D eigenvalue weighted by Crippen LogP contribution is 2.42. The van der Waals surface area contributed by atoms with Crippen LogP contribution in [0, 0.1) is 0 Å². The van der Waals surface area contributed by atoms with Crippen LogP contribution < -0.4 is 5.32 Å². The summed E-state index contributed by atoms with van der Waals surface area (Å²) in [5, 5.41) is 20.7. The van der Waals surface area contributed by atoms with E-state index in [-0.39, 0.29) is 24.6 Å². The van der Waals surface area contributed by atoms with Gasteiger partial charge in [-0.05, 0) is 12.1 Å². The van der Waals surface area contributed by atoms with Crippen LogP contribution in [0.5, 0.6) is 0 Å². The number of nitrogens with one attached hydrogen (secondary N) is 1. The molecule has 0 atom stereocenters. The van der Waals surface area contributed by atoms with Crippen molar-refractivity contribution in [3.05, 3.63) is 18.0 Å². The molecule has 0 fully saturated rings. The van der Waals surface area contributed by atoms with Crippen LogP contribution in [0.25, 0.3) is 5.65 Å². The van der Waals surface area contributed by atoms with Crippen molar-refractivity contribution < 1.29 is 27.1 Å². The number of aliphatic hydroxyl groups is 1. The van der Waals surface area contributed by atoms with Gasteiger partial charge in [-0.3, -0.25) is 0 Å². The third kappa shape index (κ3) is 2.35. The van der Waals surface area contributed by atoms with Crippen LogP contribution in [0.3, 0.4) is 0 Å². The number of hydrogen-bond donors (Lipinski definition) is 2. The number of aromatic nitrogens is 4. The van der Waals surface area contributed by atoms with E-state index in [4.69, 9.17) is 5.11 Å². The van der Waals surface area contributed by atoms with E-state index in [2.05, 4.69) is 20.6 Å². The lowest BCUT2D eigenvalue weighted by atomic mass is 10.3. The summed E-state index contributed by atoms with van der Waals surface area (Å²) >= 11 is 0. The van der Waals surface area contributed by atoms with Crippen LogP contribution >= 0.6 is 0 Å². The molecular weight excluding hydrogens is 289 g/mol. The van der Waals surface area contributed by atoms with Crippen molar-refractivity contribution in [2.24, 2.45) is 0 Å². The van der Waals surface area contributed by atoms with Crippen LogP contribution in [-0.4, -0.2) is 44.2 Å². The van der Waals surface area contributed by atoms with Crippen molar-refractivity contribution in [3.63, 3.8) is 0 Å². The normalized spacial score (nSPS) is 12.9. The average molecular weight is 297 g/mol. The number of nitrogens with zero attached hydrogens (tertiary/aromatic N) is 4. The predicted molar refractivity (Wildman–Crippen MR) is 56.3 cm³/mol. The predicted octanol–water partition coefficient (Wildman–Crippen LogP) is 1.18. The molecule has 2 rings (SSSR count). The first-order valence-electron chi connectivity index (χ1n) is 5.29. The van der Waals surface area contributed by atoms with Gasteiger partial charge >= 0.3 is 12.1 Å². The molecular formula is C9H8F5N5O. The molecule has 0 spiro atoms. The molecule has 0 unspecified atom stereocenters. The molecule has 2 heterocycles. The molecule has 2 N–H and O–H groups in total. The third-order valence-electron chi connectivity index (χ3n) is 2.32. The lowest BCUT2D eigenvalue weighted by Crippen LogP contribution is -2.36. The lowest BCUT2D eigenvalue weighted by molar-refractivity contribution is -0.293. The minimum atomic E-state index is -5.80. The van der Waals surface area contributed by atoms with E-state index in [0.717, 1.165) is 0 Å². The Morgan fingerprint density at radius 1 is 1.15 bits per heavy atom. The fourth-order valence-corrected chi connectivity index (χ4v) is 1.39. The molecule has 0 aliphatic rings. The molecule has 0 saturated heterocycles. The van der Waals surface area contributed by atoms with Crippen molar-refractivity contribution in [1.82, 2.24) is 19.8 Å². The second kappa shape index (κ2) is 4.81. The van der Waals surface area contributed by atoms with Gasteiger partial charge in [0, 0.05) is 6.54 Å². The zero-order chi connectivity index (χ0) is 15.0. The highest BCUT2D eigenvalue weighted by atomic mass is 19.4. The molecule has 0 amide bonds. The molecule has 11 heteroatoms. The summed E-state index contributed by atoms with van der Waals surface area (Å²) in [6, 6.07) is 2.49. The van der Waals surface area contributed by atoms with Crippen molar-refractivity contribution in [2.75, 3.05) is 18.5 Å². The Balaban J connectivity index is 2.49. The Kier molecular flexibility index (Phi) is 3.46. The summed E-state index contributed by atoms with van der Waals surface area (Å²) in [7, 11) is 0. The van der Waals surface area contributed by atoms with Gasteiger partial charge in [0.1, 0.15) is 5.82 Å². The number of hydrogen-bond acceptors (Lipinski definition) is 5. The van der Waals surface area contributed by atoms with Crippen LogP contribution in [0.1, 0.15) is 5.82 Å². The molecule has 2 aromatic rings. The van der Waals surface area contributed by atoms with E-state index in [1.54, 1.807) is 0 Å². The Morgan fingerprint density at radius 3 is 2.45 bits per heavy atom. The minimum Gasteiger partial charge on any atom is -0.395 e. The molecule has 0 saturated carbocycles. The molecule has 0 aliphatic heterocycles. The summed E-state index contributed by atoms with van der Waals surface area (Å²) in [5.74, 6) is -6.78. The Labute approximate surface area is 108 Å². The van der Waals surface area contributed by atoms with E-state index >= 15 is 0 Å². The van der Waals surface area contributed by atoms with Crippen LogP contribution in [0.2, 0.25) is 0 Å². The number of anilines is 1. The highest BCUT2D eigenvalue weighted by Gasteiger charge is 2.62. The number of alkyl halides is 5. The summed E-state index contributed by atoms with van der Waals surface area (Å²) in [5.41, 5.74) is -0.251. The van der Waals surface area contributed by atoms with Crippen LogP contribution in [-0.2, 0) is 5.92 Å². The van der Waals surface area contributed by atoms with E-state index in [1.165, 1.54) is 12.1 Å². The highest BCUT2D eigenvalue weighted by molar-refractivity contribution is 5.44. The van der Waals surface area contributed by atoms with E-state index < -0.39 is 17.9 Å². The maximum absolute atomic E-state index is 13.3. The third-order valence-corrected chi connectivity index (χ3v) is 2.32. The van der Waals surface area contributed by atoms with Crippen molar-refractivity contribution >= 4 is 11.5 Å². The van der Waals surface area contributed by atoms with Gasteiger partial charge in [-0.1, -0.05) is 0 Å². The molecule has 0 bridgehead atoms. The van der Waals surface area contributed by atoms with E-state index in [0.29, 0.717) is 4.52 Å². The molecule has 0 aliphatic carbocycles. The topological polar surface area (TPSA) is 75.3 Å². The van der Waals surface area contributed by atoms with E-state index in [1.807, 2.05) is 0 Å². The first-order valence-corrected chi connectivity index (χ1v) is 5.29. The van der Waals surface area contributed by atoms with E-state index in [9.17, 15) is 22.0 Å². The van der Waals surface area contributed by atoms with Gasteiger partial charge in [0.05, 0.1) is 6.61 Å². The fourth-order valence-electron chi connectivity index (χ4n) is 1.39. The number of fused-ring (bicyclic) bond motifs is 1. The Morgan fingerprint density at radius 2 is 1.85 bits per heavy atom. The quantitative estimate of drug-likeness (QED) is 0.829. The Hall–Kier alpha value is -2.04. The molecule has 20 heavy (non-hydrogen) atoms. The Bertz CT molecular complexity index is 610. The first-order chi connectivity index (χ1) is 9.27. The zero-order valence-electron chi connectivity index (χ0n) is 9.69. The first kappa shape index (κ1) is 14.4. The minimum absolute atomic E-state index is 0.00516. The van der Waals surface area contributed by atoms with Crippen LogP contribution in [0.15, 0.2) is 12.1 Å². The van der Waals surface area contributed by atoms with Crippen molar-refractivity contribution in [3.8, 4) is 0 Å². The molecule has 6 nitrogen and oxygen atoms in total. The monoisotopic (exact) mass is 297 g/mol. The lowest BCUT2D eigenvalue weighted by Gasteiger charge is -2.17. The van der Waals surface area contributed by atoms with Gasteiger partial charge in [0.15, 0.2) is 5.65 Å². The molecule has 2 aromatic heterocycles. The zero-order valence-corrected chi connectivity index (χ0v) is 9.69. The van der Waals surface area contributed by atoms with Gasteiger partial charge in [-0.25, -0.2) is 0 Å². The smallest absolute Gasteiger partial charge is 0.395 e. The standard InChI is InChI=1S/C9H8F5N5O/c10-8(11,9(12,13)14)7-17-16-6-2-1-5(15-3-4-20)18-19(6)7/h1-2,20H,3-4H2,(H,15,18). The van der Waals surface area contributed by atoms with Gasteiger partial charge in [0.25, 0.3) is 0 Å².